The zero-order chi connectivity index (χ0) is 20.9. The molecule has 1 atom stereocenters. The van der Waals surface area contributed by atoms with Gasteiger partial charge in [0.1, 0.15) is 17.1 Å². The summed E-state index contributed by atoms with van der Waals surface area (Å²) in [6.07, 6.45) is -4.11. The number of esters is 1. The molecular weight excluding hydrogens is 383 g/mol. The van der Waals surface area contributed by atoms with E-state index in [9.17, 15) is 23.1 Å². The molecule has 0 saturated heterocycles. The fourth-order valence-corrected chi connectivity index (χ4v) is 2.29. The number of methoxy groups -OCH3 is 2. The summed E-state index contributed by atoms with van der Waals surface area (Å²) in [5.74, 6) is -1.18. The van der Waals surface area contributed by atoms with Crippen molar-refractivity contribution in [2.75, 3.05) is 14.2 Å². The minimum absolute atomic E-state index is 0.00508. The molecule has 1 aromatic heterocycles. The lowest BCUT2D eigenvalue weighted by Gasteiger charge is -2.15. The van der Waals surface area contributed by atoms with Crippen LogP contribution in [0.3, 0.4) is 0 Å². The number of benzene rings is 1. The molecule has 0 bridgehead atoms. The molecule has 0 amide bonds. The Morgan fingerprint density at radius 2 is 1.89 bits per heavy atom. The van der Waals surface area contributed by atoms with Gasteiger partial charge in [-0.1, -0.05) is 0 Å². The van der Waals surface area contributed by atoms with Gasteiger partial charge in [-0.15, -0.1) is 13.2 Å². The van der Waals surface area contributed by atoms with Gasteiger partial charge in [0.05, 0.1) is 20.3 Å². The average molecular weight is 401 g/mol. The Hall–Kier alpha value is -3.01. The highest BCUT2D eigenvalue weighted by molar-refractivity contribution is 5.92. The monoisotopic (exact) mass is 401 g/mol. The van der Waals surface area contributed by atoms with E-state index in [-0.39, 0.29) is 29.2 Å². The number of rotatable bonds is 7. The number of nitrogens with zero attached hydrogens (tertiary/aromatic N) is 1. The molecule has 0 saturated carbocycles. The molecule has 0 fully saturated rings. The lowest BCUT2D eigenvalue weighted by Crippen LogP contribution is -2.17. The van der Waals surface area contributed by atoms with Crippen LogP contribution in [-0.4, -0.2) is 42.7 Å². The molecule has 10 heteroatoms. The lowest BCUT2D eigenvalue weighted by atomic mass is 10.1. The van der Waals surface area contributed by atoms with E-state index >= 15 is 0 Å². The number of pyridine rings is 1. The Kier molecular flexibility index (Phi) is 6.68. The molecule has 152 valence electrons. The van der Waals surface area contributed by atoms with E-state index < -0.39 is 24.2 Å². The standard InChI is InChI=1S/C18H18F3NO6/c1-10(23)6-11-7-15(13(9-22-11)17(24)26-3)27-14-5-4-12(8-16(14)25-2)28-18(19,20)21/h4-5,7-10,23H,6H2,1-3H3. The number of aliphatic hydroxyl groups excluding tert-OH is 1. The molecule has 0 spiro atoms. The van der Waals surface area contributed by atoms with Crippen LogP contribution in [0.1, 0.15) is 23.0 Å². The Morgan fingerprint density at radius 3 is 2.46 bits per heavy atom. The molecular formula is C18H18F3NO6. The predicted molar refractivity (Wildman–Crippen MR) is 90.7 cm³/mol. The molecule has 28 heavy (non-hydrogen) atoms. The molecule has 1 unspecified atom stereocenters. The molecule has 0 aliphatic heterocycles. The van der Waals surface area contributed by atoms with E-state index in [4.69, 9.17) is 9.47 Å². The summed E-state index contributed by atoms with van der Waals surface area (Å²) in [6, 6.07) is 4.67. The molecule has 0 aliphatic carbocycles. The molecule has 0 radical (unpaired) electrons. The fourth-order valence-electron chi connectivity index (χ4n) is 2.29. The highest BCUT2D eigenvalue weighted by Gasteiger charge is 2.31. The summed E-state index contributed by atoms with van der Waals surface area (Å²) in [4.78, 5) is 16.0. The van der Waals surface area contributed by atoms with E-state index in [0.717, 1.165) is 12.1 Å². The minimum Gasteiger partial charge on any atom is -0.493 e. The first kappa shape index (κ1) is 21.3. The Labute approximate surface area is 158 Å². The first-order valence-corrected chi connectivity index (χ1v) is 8.00. The van der Waals surface area contributed by atoms with Crippen LogP contribution in [0.4, 0.5) is 13.2 Å². The van der Waals surface area contributed by atoms with E-state index in [0.29, 0.717) is 5.69 Å². The van der Waals surface area contributed by atoms with Crippen molar-refractivity contribution < 1.29 is 42.0 Å². The summed E-state index contributed by atoms with van der Waals surface area (Å²) >= 11 is 0. The van der Waals surface area contributed by atoms with Gasteiger partial charge < -0.3 is 24.1 Å². The summed E-state index contributed by atoms with van der Waals surface area (Å²) < 4.78 is 56.4. The van der Waals surface area contributed by atoms with Gasteiger partial charge in [-0.3, -0.25) is 4.98 Å². The van der Waals surface area contributed by atoms with Crippen LogP contribution in [0.15, 0.2) is 30.5 Å². The summed E-state index contributed by atoms with van der Waals surface area (Å²) in [7, 11) is 2.42. The van der Waals surface area contributed by atoms with E-state index in [2.05, 4.69) is 14.5 Å². The topological polar surface area (TPSA) is 87.1 Å². The van der Waals surface area contributed by atoms with Crippen molar-refractivity contribution in [1.29, 1.82) is 0 Å². The van der Waals surface area contributed by atoms with Crippen LogP contribution >= 0.6 is 0 Å². The van der Waals surface area contributed by atoms with Gasteiger partial charge in [0.15, 0.2) is 11.5 Å². The molecule has 1 aromatic carbocycles. The molecule has 2 aromatic rings. The van der Waals surface area contributed by atoms with Crippen LogP contribution in [-0.2, 0) is 11.2 Å². The number of alkyl halides is 3. The second-order valence-corrected chi connectivity index (χ2v) is 5.68. The number of carbonyl (C=O) groups excluding carboxylic acids is 1. The van der Waals surface area contributed by atoms with Crippen LogP contribution in [0, 0.1) is 0 Å². The third-order valence-electron chi connectivity index (χ3n) is 3.42. The maximum atomic E-state index is 12.4. The van der Waals surface area contributed by atoms with Crippen molar-refractivity contribution in [2.24, 2.45) is 0 Å². The summed E-state index contributed by atoms with van der Waals surface area (Å²) in [6.45, 7) is 1.57. The molecule has 0 aliphatic rings. The second kappa shape index (κ2) is 8.79. The number of hydrogen-bond acceptors (Lipinski definition) is 7. The van der Waals surface area contributed by atoms with Gasteiger partial charge in [-0.05, 0) is 19.1 Å². The fraction of sp³-hybridized carbons (Fsp3) is 0.333. The van der Waals surface area contributed by atoms with Gasteiger partial charge in [0.25, 0.3) is 0 Å². The van der Waals surface area contributed by atoms with Crippen molar-refractivity contribution in [3.05, 3.63) is 41.7 Å². The van der Waals surface area contributed by atoms with Crippen LogP contribution in [0.2, 0.25) is 0 Å². The van der Waals surface area contributed by atoms with Crippen LogP contribution in [0.5, 0.6) is 23.0 Å². The maximum Gasteiger partial charge on any atom is 0.573 e. The van der Waals surface area contributed by atoms with Gasteiger partial charge >= 0.3 is 12.3 Å². The highest BCUT2D eigenvalue weighted by Crippen LogP contribution is 2.37. The largest absolute Gasteiger partial charge is 0.573 e. The number of hydrogen-bond donors (Lipinski definition) is 1. The predicted octanol–water partition coefficient (Wildman–Crippen LogP) is 3.49. The lowest BCUT2D eigenvalue weighted by molar-refractivity contribution is -0.274. The zero-order valence-corrected chi connectivity index (χ0v) is 15.2. The van der Waals surface area contributed by atoms with Crippen molar-refractivity contribution in [1.82, 2.24) is 4.98 Å². The highest BCUT2D eigenvalue weighted by atomic mass is 19.4. The smallest absolute Gasteiger partial charge is 0.493 e. The van der Waals surface area contributed by atoms with Gasteiger partial charge in [-0.25, -0.2) is 4.79 Å². The van der Waals surface area contributed by atoms with Gasteiger partial charge in [-0.2, -0.15) is 0 Å². The number of aliphatic hydroxyl groups is 1. The second-order valence-electron chi connectivity index (χ2n) is 5.68. The Bertz CT molecular complexity index is 839. The average Bonchev–Trinajstić information content (AvgIpc) is 2.60. The number of halogens is 3. The van der Waals surface area contributed by atoms with Crippen molar-refractivity contribution in [3.63, 3.8) is 0 Å². The number of aromatic nitrogens is 1. The quantitative estimate of drug-likeness (QED) is 0.711. The molecule has 2 rings (SSSR count). The number of ether oxygens (including phenoxy) is 4. The van der Waals surface area contributed by atoms with E-state index in [1.807, 2.05) is 0 Å². The zero-order valence-electron chi connectivity index (χ0n) is 15.2. The maximum absolute atomic E-state index is 12.4. The molecule has 1 heterocycles. The number of carbonyl (C=O) groups is 1. The summed E-state index contributed by atoms with van der Waals surface area (Å²) in [5, 5.41) is 9.52. The molecule has 7 nitrogen and oxygen atoms in total. The first-order chi connectivity index (χ1) is 13.1. The first-order valence-electron chi connectivity index (χ1n) is 8.00. The normalized spacial score (nSPS) is 12.2. The van der Waals surface area contributed by atoms with Crippen molar-refractivity contribution in [2.45, 2.75) is 25.8 Å². The van der Waals surface area contributed by atoms with E-state index in [1.54, 1.807) is 6.92 Å². The van der Waals surface area contributed by atoms with Crippen molar-refractivity contribution in [3.8, 4) is 23.0 Å². The Morgan fingerprint density at radius 1 is 1.18 bits per heavy atom. The SMILES string of the molecule is COC(=O)c1cnc(CC(C)O)cc1Oc1ccc(OC(F)(F)F)cc1OC. The van der Waals surface area contributed by atoms with Crippen LogP contribution in [0.25, 0.3) is 0 Å². The van der Waals surface area contributed by atoms with Gasteiger partial charge in [0.2, 0.25) is 0 Å². The van der Waals surface area contributed by atoms with E-state index in [1.165, 1.54) is 32.5 Å². The third-order valence-corrected chi connectivity index (χ3v) is 3.42. The van der Waals surface area contributed by atoms with Crippen molar-refractivity contribution >= 4 is 5.97 Å². The van der Waals surface area contributed by atoms with Crippen LogP contribution < -0.4 is 14.2 Å². The third kappa shape index (κ3) is 5.74. The minimum atomic E-state index is -4.85. The summed E-state index contributed by atoms with van der Waals surface area (Å²) in [5.41, 5.74) is 0.433. The van der Waals surface area contributed by atoms with Gasteiger partial charge in [0, 0.05) is 30.4 Å². The molecule has 1 N–H and O–H groups in total. The Balaban J connectivity index is 2.40.